The van der Waals surface area contributed by atoms with E-state index in [2.05, 4.69) is 33.6 Å². The summed E-state index contributed by atoms with van der Waals surface area (Å²) in [6, 6.07) is 17.2. The van der Waals surface area contributed by atoms with Crippen LogP contribution in [0.1, 0.15) is 28.5 Å². The fourth-order valence-corrected chi connectivity index (χ4v) is 2.52. The molecular weight excluding hydrogens is 312 g/mol. The van der Waals surface area contributed by atoms with Gasteiger partial charge in [0.2, 0.25) is 5.95 Å². The number of aromatic nitrogens is 2. The predicted molar refractivity (Wildman–Crippen MR) is 100 cm³/mol. The third-order valence-corrected chi connectivity index (χ3v) is 3.93. The Morgan fingerprint density at radius 1 is 1.00 bits per heavy atom. The number of nitrogens with zero attached hydrogens (tertiary/aromatic N) is 2. The van der Waals surface area contributed by atoms with Crippen molar-refractivity contribution < 1.29 is 4.79 Å². The minimum Gasteiger partial charge on any atom is -0.324 e. The summed E-state index contributed by atoms with van der Waals surface area (Å²) in [6.45, 7) is 4.04. The van der Waals surface area contributed by atoms with Crippen molar-refractivity contribution >= 4 is 23.2 Å². The minimum absolute atomic E-state index is 0.261. The third-order valence-electron chi connectivity index (χ3n) is 3.93. The summed E-state index contributed by atoms with van der Waals surface area (Å²) in [4.78, 5) is 21.0. The van der Waals surface area contributed by atoms with Gasteiger partial charge in [-0.05, 0) is 42.7 Å². The van der Waals surface area contributed by atoms with E-state index in [4.69, 9.17) is 0 Å². The van der Waals surface area contributed by atoms with Crippen LogP contribution < -0.4 is 10.6 Å². The van der Waals surface area contributed by atoms with Gasteiger partial charge in [-0.15, -0.1) is 0 Å². The van der Waals surface area contributed by atoms with Crippen molar-refractivity contribution in [3.63, 3.8) is 0 Å². The Morgan fingerprint density at radius 2 is 1.72 bits per heavy atom. The molecule has 1 aromatic heterocycles. The summed E-state index contributed by atoms with van der Waals surface area (Å²) >= 11 is 0. The van der Waals surface area contributed by atoms with E-state index < -0.39 is 0 Å². The number of carbonyl (C=O) groups excluding carboxylic acids is 1. The maximum absolute atomic E-state index is 12.5. The standard InChI is InChI=1S/C20H20N4O/c1-3-15-9-5-7-11-17(15)23-20-21-13-12-18(24-20)19(25)22-16-10-6-4-8-14(16)2/h4-13H,3H2,1-2H3,(H,22,25)(H,21,23,24). The number of amides is 1. The van der Waals surface area contributed by atoms with Gasteiger partial charge in [0.05, 0.1) is 0 Å². The van der Waals surface area contributed by atoms with Gasteiger partial charge < -0.3 is 10.6 Å². The Labute approximate surface area is 147 Å². The largest absolute Gasteiger partial charge is 0.324 e. The second-order valence-corrected chi connectivity index (χ2v) is 5.67. The van der Waals surface area contributed by atoms with Gasteiger partial charge >= 0.3 is 0 Å². The highest BCUT2D eigenvalue weighted by atomic mass is 16.1. The molecule has 126 valence electrons. The van der Waals surface area contributed by atoms with Crippen molar-refractivity contribution in [1.82, 2.24) is 9.97 Å². The Balaban J connectivity index is 1.79. The smallest absolute Gasteiger partial charge is 0.274 e. The fraction of sp³-hybridized carbons (Fsp3) is 0.150. The first-order valence-electron chi connectivity index (χ1n) is 8.22. The molecule has 0 fully saturated rings. The number of nitrogens with one attached hydrogen (secondary N) is 2. The Morgan fingerprint density at radius 3 is 2.48 bits per heavy atom. The summed E-state index contributed by atoms with van der Waals surface area (Å²) in [6.07, 6.45) is 2.48. The van der Waals surface area contributed by atoms with Gasteiger partial charge in [0.25, 0.3) is 5.91 Å². The highest BCUT2D eigenvalue weighted by molar-refractivity contribution is 6.03. The lowest BCUT2D eigenvalue weighted by Gasteiger charge is -2.11. The lowest BCUT2D eigenvalue weighted by Crippen LogP contribution is -2.15. The van der Waals surface area contributed by atoms with Gasteiger partial charge in [-0.2, -0.15) is 0 Å². The van der Waals surface area contributed by atoms with Gasteiger partial charge in [-0.25, -0.2) is 9.97 Å². The van der Waals surface area contributed by atoms with E-state index in [0.29, 0.717) is 11.6 Å². The van der Waals surface area contributed by atoms with Crippen LogP contribution in [0.3, 0.4) is 0 Å². The van der Waals surface area contributed by atoms with Crippen molar-refractivity contribution in [2.45, 2.75) is 20.3 Å². The maximum atomic E-state index is 12.5. The van der Waals surface area contributed by atoms with E-state index in [-0.39, 0.29) is 5.91 Å². The number of hydrogen-bond acceptors (Lipinski definition) is 4. The highest BCUT2D eigenvalue weighted by Gasteiger charge is 2.11. The molecule has 0 atom stereocenters. The number of aryl methyl sites for hydroxylation is 2. The summed E-state index contributed by atoms with van der Waals surface area (Å²) in [5.41, 5.74) is 4.20. The predicted octanol–water partition coefficient (Wildman–Crippen LogP) is 4.34. The zero-order valence-electron chi connectivity index (χ0n) is 14.3. The lowest BCUT2D eigenvalue weighted by molar-refractivity contribution is 0.102. The number of carbonyl (C=O) groups is 1. The quantitative estimate of drug-likeness (QED) is 0.729. The number of benzene rings is 2. The van der Waals surface area contributed by atoms with Crippen LogP contribution in [0.4, 0.5) is 17.3 Å². The van der Waals surface area contributed by atoms with Gasteiger partial charge in [-0.3, -0.25) is 4.79 Å². The first-order chi connectivity index (χ1) is 12.2. The first kappa shape index (κ1) is 16.6. The zero-order valence-corrected chi connectivity index (χ0v) is 14.3. The molecule has 25 heavy (non-hydrogen) atoms. The monoisotopic (exact) mass is 332 g/mol. The summed E-state index contributed by atoms with van der Waals surface area (Å²) in [7, 11) is 0. The average molecular weight is 332 g/mol. The van der Waals surface area contributed by atoms with E-state index in [1.807, 2.05) is 49.4 Å². The Kier molecular flexibility index (Phi) is 5.04. The molecule has 2 aromatic carbocycles. The first-order valence-corrected chi connectivity index (χ1v) is 8.22. The van der Waals surface area contributed by atoms with E-state index in [0.717, 1.165) is 23.4 Å². The second kappa shape index (κ2) is 7.57. The highest BCUT2D eigenvalue weighted by Crippen LogP contribution is 2.19. The van der Waals surface area contributed by atoms with Crippen molar-refractivity contribution in [3.05, 3.63) is 77.6 Å². The molecule has 5 heteroatoms. The SMILES string of the molecule is CCc1ccccc1Nc1nccc(C(=O)Nc2ccccc2C)n1. The molecule has 1 amide bonds. The van der Waals surface area contributed by atoms with Gasteiger partial charge in [0, 0.05) is 17.6 Å². The van der Waals surface area contributed by atoms with Crippen LogP contribution in [0.25, 0.3) is 0 Å². The summed E-state index contributed by atoms with van der Waals surface area (Å²) in [5.74, 6) is 0.141. The molecule has 0 saturated heterocycles. The number of anilines is 3. The molecule has 3 aromatic rings. The van der Waals surface area contributed by atoms with Crippen LogP contribution in [0, 0.1) is 6.92 Å². The molecule has 2 N–H and O–H groups in total. The van der Waals surface area contributed by atoms with Crippen LogP contribution in [0.5, 0.6) is 0 Å². The number of rotatable bonds is 5. The van der Waals surface area contributed by atoms with Gasteiger partial charge in [0.15, 0.2) is 0 Å². The number of hydrogen-bond donors (Lipinski definition) is 2. The molecule has 0 aliphatic heterocycles. The zero-order chi connectivity index (χ0) is 17.6. The molecule has 3 rings (SSSR count). The average Bonchev–Trinajstić information content (AvgIpc) is 2.64. The van der Waals surface area contributed by atoms with Crippen molar-refractivity contribution in [1.29, 1.82) is 0 Å². The van der Waals surface area contributed by atoms with E-state index in [1.54, 1.807) is 12.3 Å². The van der Waals surface area contributed by atoms with Crippen LogP contribution in [0.15, 0.2) is 60.8 Å². The second-order valence-electron chi connectivity index (χ2n) is 5.67. The third kappa shape index (κ3) is 4.01. The molecule has 0 spiro atoms. The Bertz CT molecular complexity index is 892. The normalized spacial score (nSPS) is 10.3. The molecule has 0 aliphatic rings. The van der Waals surface area contributed by atoms with E-state index in [9.17, 15) is 4.79 Å². The lowest BCUT2D eigenvalue weighted by atomic mass is 10.1. The van der Waals surface area contributed by atoms with Crippen LogP contribution in [-0.2, 0) is 6.42 Å². The molecule has 0 bridgehead atoms. The van der Waals surface area contributed by atoms with Gasteiger partial charge in [-0.1, -0.05) is 43.3 Å². The molecule has 5 nitrogen and oxygen atoms in total. The minimum atomic E-state index is -0.261. The van der Waals surface area contributed by atoms with Crippen LogP contribution in [0.2, 0.25) is 0 Å². The Hall–Kier alpha value is -3.21. The van der Waals surface area contributed by atoms with Gasteiger partial charge in [0.1, 0.15) is 5.69 Å². The van der Waals surface area contributed by atoms with E-state index in [1.165, 1.54) is 5.56 Å². The fourth-order valence-electron chi connectivity index (χ4n) is 2.52. The molecule has 0 unspecified atom stereocenters. The molecular formula is C20H20N4O. The van der Waals surface area contributed by atoms with Crippen LogP contribution in [-0.4, -0.2) is 15.9 Å². The molecule has 0 aliphatic carbocycles. The molecule has 0 saturated carbocycles. The topological polar surface area (TPSA) is 66.9 Å². The molecule has 1 heterocycles. The summed E-state index contributed by atoms with van der Waals surface area (Å²) < 4.78 is 0. The number of para-hydroxylation sites is 2. The molecule has 0 radical (unpaired) electrons. The summed E-state index contributed by atoms with van der Waals surface area (Å²) in [5, 5.41) is 6.07. The van der Waals surface area contributed by atoms with Crippen molar-refractivity contribution in [2.75, 3.05) is 10.6 Å². The van der Waals surface area contributed by atoms with E-state index >= 15 is 0 Å². The van der Waals surface area contributed by atoms with Crippen LogP contribution >= 0.6 is 0 Å². The van der Waals surface area contributed by atoms with Crippen molar-refractivity contribution in [2.24, 2.45) is 0 Å². The maximum Gasteiger partial charge on any atom is 0.274 e. The van der Waals surface area contributed by atoms with Crippen molar-refractivity contribution in [3.8, 4) is 0 Å².